The van der Waals surface area contributed by atoms with Gasteiger partial charge in [0.2, 0.25) is 0 Å². The largest absolute Gasteiger partial charge is 0.378 e. The Morgan fingerprint density at radius 1 is 1.10 bits per heavy atom. The number of aromatic amines is 1. The maximum atomic E-state index is 13.8. The first kappa shape index (κ1) is 19.3. The minimum Gasteiger partial charge on any atom is -0.378 e. The zero-order chi connectivity index (χ0) is 20.4. The van der Waals surface area contributed by atoms with Gasteiger partial charge in [-0.05, 0) is 35.7 Å². The normalized spacial score (nSPS) is 14.9. The second-order valence-electron chi connectivity index (χ2n) is 7.67. The molecular formula is C22H26FN5O. The number of halogens is 1. The number of anilines is 2. The molecule has 3 aromatic rings. The number of carbonyl (C=O) groups excluding carboxylic acids is 1. The predicted octanol–water partition coefficient (Wildman–Crippen LogP) is 3.72. The fraction of sp³-hybridized carbons (Fsp3) is 0.318. The van der Waals surface area contributed by atoms with Gasteiger partial charge in [-0.3, -0.25) is 4.90 Å². The SMILES string of the molecule is CN(C)c1cc(F)cc(NC(=O)N2CCN(Cc3cc4ccccc4[nH]3)CC2)c1. The van der Waals surface area contributed by atoms with Gasteiger partial charge in [-0.15, -0.1) is 0 Å². The van der Waals surface area contributed by atoms with Crippen LogP contribution in [0.1, 0.15) is 5.69 Å². The van der Waals surface area contributed by atoms with Gasteiger partial charge in [0.1, 0.15) is 5.82 Å². The Balaban J connectivity index is 1.32. The first-order valence-corrected chi connectivity index (χ1v) is 9.81. The van der Waals surface area contributed by atoms with E-state index in [1.165, 1.54) is 23.2 Å². The summed E-state index contributed by atoms with van der Waals surface area (Å²) in [7, 11) is 3.68. The molecule has 2 amide bonds. The van der Waals surface area contributed by atoms with Crippen LogP contribution in [0.4, 0.5) is 20.6 Å². The molecule has 1 aliphatic heterocycles. The Kier molecular flexibility index (Phi) is 5.40. The molecule has 0 spiro atoms. The molecule has 0 unspecified atom stereocenters. The fourth-order valence-electron chi connectivity index (χ4n) is 3.68. The van der Waals surface area contributed by atoms with Crippen molar-refractivity contribution in [3.63, 3.8) is 0 Å². The number of rotatable bonds is 4. The summed E-state index contributed by atoms with van der Waals surface area (Å²) in [5.74, 6) is -0.366. The van der Waals surface area contributed by atoms with Gasteiger partial charge in [-0.1, -0.05) is 18.2 Å². The van der Waals surface area contributed by atoms with Crippen LogP contribution in [-0.4, -0.2) is 61.1 Å². The number of benzene rings is 2. The Morgan fingerprint density at radius 3 is 2.59 bits per heavy atom. The van der Waals surface area contributed by atoms with E-state index in [9.17, 15) is 9.18 Å². The van der Waals surface area contributed by atoms with Crippen molar-refractivity contribution in [3.05, 3.63) is 60.0 Å². The average Bonchev–Trinajstić information content (AvgIpc) is 3.10. The van der Waals surface area contributed by atoms with E-state index in [2.05, 4.69) is 33.4 Å². The van der Waals surface area contributed by atoms with E-state index in [1.807, 2.05) is 31.1 Å². The number of nitrogens with zero attached hydrogens (tertiary/aromatic N) is 3. The van der Waals surface area contributed by atoms with E-state index in [4.69, 9.17) is 0 Å². The molecule has 0 aliphatic carbocycles. The molecule has 2 aromatic carbocycles. The summed E-state index contributed by atoms with van der Waals surface area (Å²) < 4.78 is 13.8. The quantitative estimate of drug-likeness (QED) is 0.708. The summed E-state index contributed by atoms with van der Waals surface area (Å²) in [6, 6.07) is 14.8. The van der Waals surface area contributed by atoms with Crippen LogP contribution in [0.5, 0.6) is 0 Å². The Labute approximate surface area is 169 Å². The number of aromatic nitrogens is 1. The number of nitrogens with one attached hydrogen (secondary N) is 2. The lowest BCUT2D eigenvalue weighted by Crippen LogP contribution is -2.49. The topological polar surface area (TPSA) is 54.6 Å². The van der Waals surface area contributed by atoms with Gasteiger partial charge in [-0.25, -0.2) is 9.18 Å². The van der Waals surface area contributed by atoms with Crippen molar-refractivity contribution in [1.82, 2.24) is 14.8 Å². The van der Waals surface area contributed by atoms with Gasteiger partial charge >= 0.3 is 6.03 Å². The zero-order valence-corrected chi connectivity index (χ0v) is 16.8. The van der Waals surface area contributed by atoms with Gasteiger partial charge in [0, 0.05) is 69.4 Å². The van der Waals surface area contributed by atoms with Crippen molar-refractivity contribution in [3.8, 4) is 0 Å². The van der Waals surface area contributed by atoms with Crippen LogP contribution < -0.4 is 10.2 Å². The van der Waals surface area contributed by atoms with Crippen LogP contribution in [0.2, 0.25) is 0 Å². The second-order valence-corrected chi connectivity index (χ2v) is 7.67. The molecule has 0 saturated carbocycles. The standard InChI is InChI=1S/C22H26FN5O/c1-26(2)20-13-17(23)12-18(14-20)25-22(29)28-9-7-27(8-10-28)15-19-11-16-5-3-4-6-21(16)24-19/h3-6,11-14,24H,7-10,15H2,1-2H3,(H,25,29). The van der Waals surface area contributed by atoms with E-state index in [0.29, 0.717) is 24.5 Å². The van der Waals surface area contributed by atoms with Gasteiger partial charge in [0.15, 0.2) is 0 Å². The smallest absolute Gasteiger partial charge is 0.321 e. The van der Waals surface area contributed by atoms with Crippen LogP contribution in [0, 0.1) is 5.82 Å². The van der Waals surface area contributed by atoms with E-state index in [-0.39, 0.29) is 11.8 Å². The van der Waals surface area contributed by atoms with Gasteiger partial charge in [0.05, 0.1) is 0 Å². The van der Waals surface area contributed by atoms with Crippen molar-refractivity contribution in [2.24, 2.45) is 0 Å². The molecule has 29 heavy (non-hydrogen) atoms. The monoisotopic (exact) mass is 395 g/mol. The first-order valence-electron chi connectivity index (χ1n) is 9.81. The number of amides is 2. The second kappa shape index (κ2) is 8.13. The molecule has 0 atom stereocenters. The number of urea groups is 1. The number of hydrogen-bond donors (Lipinski definition) is 2. The summed E-state index contributed by atoms with van der Waals surface area (Å²) in [5, 5.41) is 4.04. The lowest BCUT2D eigenvalue weighted by atomic mass is 10.2. The highest BCUT2D eigenvalue weighted by molar-refractivity contribution is 5.90. The molecule has 1 saturated heterocycles. The summed E-state index contributed by atoms with van der Waals surface area (Å²) in [5.41, 5.74) is 3.51. The van der Waals surface area contributed by atoms with Crippen molar-refractivity contribution in [2.75, 3.05) is 50.5 Å². The molecular weight excluding hydrogens is 369 g/mol. The zero-order valence-electron chi connectivity index (χ0n) is 16.8. The lowest BCUT2D eigenvalue weighted by molar-refractivity contribution is 0.142. The van der Waals surface area contributed by atoms with E-state index >= 15 is 0 Å². The van der Waals surface area contributed by atoms with E-state index in [0.717, 1.165) is 25.2 Å². The highest BCUT2D eigenvalue weighted by atomic mass is 19.1. The number of carbonyl (C=O) groups is 1. The predicted molar refractivity (Wildman–Crippen MR) is 115 cm³/mol. The number of hydrogen-bond acceptors (Lipinski definition) is 3. The van der Waals surface area contributed by atoms with Crippen molar-refractivity contribution in [2.45, 2.75) is 6.54 Å². The van der Waals surface area contributed by atoms with Gasteiger partial charge in [-0.2, -0.15) is 0 Å². The average molecular weight is 395 g/mol. The van der Waals surface area contributed by atoms with Crippen LogP contribution in [0.25, 0.3) is 10.9 Å². The van der Waals surface area contributed by atoms with E-state index in [1.54, 1.807) is 11.0 Å². The van der Waals surface area contributed by atoms with Crippen LogP contribution >= 0.6 is 0 Å². The molecule has 1 fully saturated rings. The fourth-order valence-corrected chi connectivity index (χ4v) is 3.68. The number of fused-ring (bicyclic) bond motifs is 1. The highest BCUT2D eigenvalue weighted by Crippen LogP contribution is 2.21. The Bertz CT molecular complexity index is 974. The number of piperazine rings is 1. The van der Waals surface area contributed by atoms with Crippen LogP contribution in [0.15, 0.2) is 48.5 Å². The molecule has 2 heterocycles. The molecule has 1 aliphatic rings. The molecule has 0 radical (unpaired) electrons. The Morgan fingerprint density at radius 2 is 1.86 bits per heavy atom. The van der Waals surface area contributed by atoms with Crippen molar-refractivity contribution >= 4 is 28.3 Å². The summed E-state index contributed by atoms with van der Waals surface area (Å²) in [4.78, 5) is 22.0. The molecule has 0 bridgehead atoms. The highest BCUT2D eigenvalue weighted by Gasteiger charge is 2.22. The summed E-state index contributed by atoms with van der Waals surface area (Å²) >= 11 is 0. The minimum atomic E-state index is -0.366. The number of H-pyrrole nitrogens is 1. The third kappa shape index (κ3) is 4.51. The maximum absolute atomic E-state index is 13.8. The van der Waals surface area contributed by atoms with Crippen LogP contribution in [0.3, 0.4) is 0 Å². The van der Waals surface area contributed by atoms with Crippen LogP contribution in [-0.2, 0) is 6.54 Å². The van der Waals surface area contributed by atoms with Gasteiger partial charge < -0.3 is 20.1 Å². The minimum absolute atomic E-state index is 0.189. The molecule has 7 heteroatoms. The lowest BCUT2D eigenvalue weighted by Gasteiger charge is -2.34. The van der Waals surface area contributed by atoms with E-state index < -0.39 is 0 Å². The summed E-state index contributed by atoms with van der Waals surface area (Å²) in [6.45, 7) is 3.72. The van der Waals surface area contributed by atoms with Gasteiger partial charge in [0.25, 0.3) is 0 Å². The Hall–Kier alpha value is -3.06. The first-order chi connectivity index (χ1) is 14.0. The van der Waals surface area contributed by atoms with Crippen molar-refractivity contribution in [1.29, 1.82) is 0 Å². The third-order valence-electron chi connectivity index (χ3n) is 5.29. The van der Waals surface area contributed by atoms with Crippen molar-refractivity contribution < 1.29 is 9.18 Å². The molecule has 152 valence electrons. The third-order valence-corrected chi connectivity index (χ3v) is 5.29. The number of para-hydroxylation sites is 1. The maximum Gasteiger partial charge on any atom is 0.321 e. The molecule has 4 rings (SSSR count). The molecule has 6 nitrogen and oxygen atoms in total. The summed E-state index contributed by atoms with van der Waals surface area (Å²) in [6.07, 6.45) is 0. The molecule has 1 aromatic heterocycles. The molecule has 2 N–H and O–H groups in total.